The summed E-state index contributed by atoms with van der Waals surface area (Å²) in [7, 11) is 0. The van der Waals surface area contributed by atoms with Crippen LogP contribution in [0.4, 0.5) is 0 Å². The Morgan fingerprint density at radius 1 is 1.18 bits per heavy atom. The number of nitrogens with one attached hydrogen (secondary N) is 1. The Morgan fingerprint density at radius 2 is 1.88 bits per heavy atom. The molecule has 17 heavy (non-hydrogen) atoms. The van der Waals surface area contributed by atoms with Crippen LogP contribution in [0.5, 0.6) is 0 Å². The molecule has 1 N–H and O–H groups in total. The van der Waals surface area contributed by atoms with Gasteiger partial charge in [-0.2, -0.15) is 0 Å². The van der Waals surface area contributed by atoms with Gasteiger partial charge in [-0.1, -0.05) is 13.8 Å². The Kier molecular flexibility index (Phi) is 4.87. The lowest BCUT2D eigenvalue weighted by Crippen LogP contribution is -2.31. The number of rotatable bonds is 5. The third kappa shape index (κ3) is 3.45. The molecule has 0 aromatic carbocycles. The highest BCUT2D eigenvalue weighted by atomic mass is 15.2. The van der Waals surface area contributed by atoms with Crippen LogP contribution in [0.1, 0.15) is 52.4 Å². The molecule has 0 aromatic heterocycles. The van der Waals surface area contributed by atoms with Gasteiger partial charge >= 0.3 is 0 Å². The quantitative estimate of drug-likeness (QED) is 0.792. The van der Waals surface area contributed by atoms with Crippen molar-refractivity contribution in [1.29, 1.82) is 0 Å². The molecule has 100 valence electrons. The average molecular weight is 238 g/mol. The van der Waals surface area contributed by atoms with Crippen LogP contribution in [0, 0.1) is 11.3 Å². The van der Waals surface area contributed by atoms with E-state index in [0.717, 1.165) is 5.92 Å². The molecule has 2 heteroatoms. The van der Waals surface area contributed by atoms with E-state index in [1.54, 1.807) is 0 Å². The van der Waals surface area contributed by atoms with Gasteiger partial charge in [0.1, 0.15) is 0 Å². The first-order chi connectivity index (χ1) is 8.28. The molecule has 0 amide bonds. The first-order valence-electron chi connectivity index (χ1n) is 7.71. The van der Waals surface area contributed by atoms with Gasteiger partial charge in [0.15, 0.2) is 0 Å². The lowest BCUT2D eigenvalue weighted by Gasteiger charge is -2.28. The minimum absolute atomic E-state index is 0.661. The molecule has 2 aliphatic rings. The Bertz CT molecular complexity index is 217. The molecule has 0 spiro atoms. The molecule has 0 unspecified atom stereocenters. The molecular formula is C15H30N2. The predicted octanol–water partition coefficient (Wildman–Crippen LogP) is 2.89. The van der Waals surface area contributed by atoms with Crippen LogP contribution in [0.25, 0.3) is 0 Å². The molecule has 0 aromatic rings. The van der Waals surface area contributed by atoms with Crippen LogP contribution in [0.2, 0.25) is 0 Å². The van der Waals surface area contributed by atoms with Crippen LogP contribution in [-0.2, 0) is 0 Å². The molecule has 2 aliphatic heterocycles. The largest absolute Gasteiger partial charge is 0.317 e. The van der Waals surface area contributed by atoms with Gasteiger partial charge in [-0.25, -0.2) is 0 Å². The molecule has 0 saturated carbocycles. The van der Waals surface area contributed by atoms with Gasteiger partial charge in [0.05, 0.1) is 0 Å². The number of nitrogens with zero attached hydrogens (tertiary/aromatic N) is 1. The fourth-order valence-electron chi connectivity index (χ4n) is 3.58. The van der Waals surface area contributed by atoms with Crippen LogP contribution < -0.4 is 5.32 Å². The van der Waals surface area contributed by atoms with Crippen molar-refractivity contribution in [2.45, 2.75) is 52.4 Å². The van der Waals surface area contributed by atoms with Crippen molar-refractivity contribution in [2.24, 2.45) is 11.3 Å². The van der Waals surface area contributed by atoms with E-state index in [4.69, 9.17) is 0 Å². The highest BCUT2D eigenvalue weighted by Gasteiger charge is 2.34. The van der Waals surface area contributed by atoms with Gasteiger partial charge in [0.25, 0.3) is 0 Å². The summed E-state index contributed by atoms with van der Waals surface area (Å²) < 4.78 is 0. The van der Waals surface area contributed by atoms with E-state index in [-0.39, 0.29) is 0 Å². The first-order valence-corrected chi connectivity index (χ1v) is 7.71. The van der Waals surface area contributed by atoms with Gasteiger partial charge in [-0.15, -0.1) is 0 Å². The van der Waals surface area contributed by atoms with E-state index < -0.39 is 0 Å². The van der Waals surface area contributed by atoms with Crippen LogP contribution in [0.15, 0.2) is 0 Å². The lowest BCUT2D eigenvalue weighted by atomic mass is 9.82. The molecular weight excluding hydrogens is 208 g/mol. The molecule has 2 saturated heterocycles. The summed E-state index contributed by atoms with van der Waals surface area (Å²) in [4.78, 5) is 2.73. The minimum Gasteiger partial charge on any atom is -0.317 e. The summed E-state index contributed by atoms with van der Waals surface area (Å²) in [5.74, 6) is 0.995. The van der Waals surface area contributed by atoms with Crippen LogP contribution >= 0.6 is 0 Å². The third-order valence-corrected chi connectivity index (χ3v) is 5.33. The predicted molar refractivity (Wildman–Crippen MR) is 74.3 cm³/mol. The second-order valence-corrected chi connectivity index (χ2v) is 6.22. The fourth-order valence-corrected chi connectivity index (χ4v) is 3.58. The maximum Gasteiger partial charge on any atom is 0.00382 e. The zero-order chi connectivity index (χ0) is 12.1. The van der Waals surface area contributed by atoms with Gasteiger partial charge in [0.2, 0.25) is 0 Å². The molecule has 0 atom stereocenters. The average Bonchev–Trinajstić information content (AvgIpc) is 2.82. The van der Waals surface area contributed by atoms with Crippen molar-refractivity contribution in [3.8, 4) is 0 Å². The van der Waals surface area contributed by atoms with Crippen molar-refractivity contribution in [3.05, 3.63) is 0 Å². The molecule has 0 aliphatic carbocycles. The summed E-state index contributed by atoms with van der Waals surface area (Å²) >= 11 is 0. The molecule has 2 nitrogen and oxygen atoms in total. The summed E-state index contributed by atoms with van der Waals surface area (Å²) in [5, 5.41) is 3.46. The number of hydrogen-bond donors (Lipinski definition) is 1. The second kappa shape index (κ2) is 6.19. The van der Waals surface area contributed by atoms with Gasteiger partial charge in [-0.05, 0) is 76.0 Å². The lowest BCUT2D eigenvalue weighted by molar-refractivity contribution is 0.222. The number of piperidine rings is 1. The van der Waals surface area contributed by atoms with Crippen molar-refractivity contribution < 1.29 is 0 Å². The van der Waals surface area contributed by atoms with E-state index in [2.05, 4.69) is 24.1 Å². The highest BCUT2D eigenvalue weighted by molar-refractivity contribution is 4.88. The smallest absolute Gasteiger partial charge is 0.00382 e. The topological polar surface area (TPSA) is 15.3 Å². The molecule has 2 rings (SSSR count). The van der Waals surface area contributed by atoms with Crippen molar-refractivity contribution >= 4 is 0 Å². The fraction of sp³-hybridized carbons (Fsp3) is 1.00. The maximum atomic E-state index is 3.46. The Hall–Kier alpha value is -0.0800. The zero-order valence-corrected chi connectivity index (χ0v) is 11.8. The summed E-state index contributed by atoms with van der Waals surface area (Å²) in [6, 6.07) is 0. The number of likely N-dealkylation sites (tertiary alicyclic amines) is 1. The Morgan fingerprint density at radius 3 is 2.47 bits per heavy atom. The standard InChI is InChI=1S/C15H30N2/c1-3-15(4-2)8-12-17(13-15)11-7-14-5-9-16-10-6-14/h14,16H,3-13H2,1-2H3. The highest BCUT2D eigenvalue weighted by Crippen LogP contribution is 2.37. The number of hydrogen-bond acceptors (Lipinski definition) is 2. The zero-order valence-electron chi connectivity index (χ0n) is 11.8. The van der Waals surface area contributed by atoms with Gasteiger partial charge < -0.3 is 10.2 Å². The minimum atomic E-state index is 0.661. The van der Waals surface area contributed by atoms with E-state index >= 15 is 0 Å². The molecule has 2 heterocycles. The van der Waals surface area contributed by atoms with Crippen LogP contribution in [-0.4, -0.2) is 37.6 Å². The van der Waals surface area contributed by atoms with E-state index in [1.807, 2.05) is 0 Å². The normalized spacial score (nSPS) is 26.5. The first kappa shape index (κ1) is 13.4. The SMILES string of the molecule is CCC1(CC)CCN(CCC2CCNCC2)C1. The molecule has 2 fully saturated rings. The van der Waals surface area contributed by atoms with Crippen LogP contribution in [0.3, 0.4) is 0 Å². The monoisotopic (exact) mass is 238 g/mol. The van der Waals surface area contributed by atoms with Crippen molar-refractivity contribution in [3.63, 3.8) is 0 Å². The van der Waals surface area contributed by atoms with E-state index in [1.165, 1.54) is 71.2 Å². The van der Waals surface area contributed by atoms with Gasteiger partial charge in [0, 0.05) is 6.54 Å². The summed E-state index contributed by atoms with van der Waals surface area (Å²) in [6.45, 7) is 11.3. The maximum absolute atomic E-state index is 3.46. The van der Waals surface area contributed by atoms with Crippen molar-refractivity contribution in [2.75, 3.05) is 32.7 Å². The second-order valence-electron chi connectivity index (χ2n) is 6.22. The van der Waals surface area contributed by atoms with Crippen molar-refractivity contribution in [1.82, 2.24) is 10.2 Å². The summed E-state index contributed by atoms with van der Waals surface area (Å²) in [5.41, 5.74) is 0.661. The Labute approximate surface area is 107 Å². The molecule has 0 bridgehead atoms. The summed E-state index contributed by atoms with van der Waals surface area (Å²) in [6.07, 6.45) is 8.42. The van der Waals surface area contributed by atoms with E-state index in [0.29, 0.717) is 5.41 Å². The third-order valence-electron chi connectivity index (χ3n) is 5.33. The Balaban J connectivity index is 1.70. The molecule has 0 radical (unpaired) electrons. The van der Waals surface area contributed by atoms with Gasteiger partial charge in [-0.3, -0.25) is 0 Å². The van der Waals surface area contributed by atoms with E-state index in [9.17, 15) is 0 Å².